The average Bonchev–Trinajstić information content (AvgIpc) is 2.59. The summed E-state index contributed by atoms with van der Waals surface area (Å²) in [6, 6.07) is 29.6. The molecule has 3 aromatic carbocycles. The van der Waals surface area contributed by atoms with Gasteiger partial charge in [-0.1, -0.05) is 18.2 Å². The van der Waals surface area contributed by atoms with Crippen LogP contribution in [0.15, 0.2) is 91.0 Å². The van der Waals surface area contributed by atoms with Crippen LogP contribution in [0.1, 0.15) is 16.7 Å². The summed E-state index contributed by atoms with van der Waals surface area (Å²) in [5, 5.41) is 2.75. The molecule has 0 fully saturated rings. The molecule has 0 atom stereocenters. The van der Waals surface area contributed by atoms with Gasteiger partial charge in [-0.2, -0.15) is 73.9 Å². The molecule has 1 radical (unpaired) electrons. The third-order valence-electron chi connectivity index (χ3n) is 2.53. The molecule has 0 bridgehead atoms. The van der Waals surface area contributed by atoms with Gasteiger partial charge in [-0.15, -0.1) is 36.4 Å². The zero-order chi connectivity index (χ0) is 18.0. The summed E-state index contributed by atoms with van der Waals surface area (Å²) in [5.74, 6) is 0. The first-order valence-corrected chi connectivity index (χ1v) is 7.79. The van der Waals surface area contributed by atoms with Gasteiger partial charge < -0.3 is 5.32 Å². The first kappa shape index (κ1) is 25.8. The molecule has 25 heavy (non-hydrogen) atoms. The predicted octanol–water partition coefficient (Wildman–Crippen LogP) is 5.44. The van der Waals surface area contributed by atoms with Crippen LogP contribution in [0.25, 0.3) is 0 Å². The Morgan fingerprint density at radius 1 is 0.480 bits per heavy atom. The van der Waals surface area contributed by atoms with Gasteiger partial charge in [-0.3, -0.25) is 0 Å². The van der Waals surface area contributed by atoms with E-state index < -0.39 is 0 Å². The maximum atomic E-state index is 3.72. The maximum Gasteiger partial charge on any atom is 3.00 e. The van der Waals surface area contributed by atoms with Crippen LogP contribution in [0.5, 0.6) is 0 Å². The van der Waals surface area contributed by atoms with Crippen LogP contribution in [0.4, 0.5) is 0 Å². The molecule has 0 aliphatic carbocycles. The van der Waals surface area contributed by atoms with Crippen molar-refractivity contribution in [1.29, 1.82) is 0 Å². The van der Waals surface area contributed by atoms with Gasteiger partial charge in [0, 0.05) is 0 Å². The molecule has 2 heteroatoms. The Morgan fingerprint density at radius 3 is 0.720 bits per heavy atom. The van der Waals surface area contributed by atoms with Crippen LogP contribution >= 0.6 is 0 Å². The summed E-state index contributed by atoms with van der Waals surface area (Å²) < 4.78 is 0. The smallest absolute Gasteiger partial charge is 0.323 e. The summed E-state index contributed by atoms with van der Waals surface area (Å²) in [5.41, 5.74) is 3.22. The average molecular weight is 463 g/mol. The van der Waals surface area contributed by atoms with E-state index in [4.69, 9.17) is 0 Å². The molecule has 0 spiro atoms. The summed E-state index contributed by atoms with van der Waals surface area (Å²) in [6.07, 6.45) is 0. The fraction of sp³-hybridized carbons (Fsp3) is 0.0870. The molecule has 1 nitrogen and oxygen atoms in total. The quantitative estimate of drug-likeness (QED) is 0.439. The fourth-order valence-corrected chi connectivity index (χ4v) is 1.43. The van der Waals surface area contributed by atoms with Crippen molar-refractivity contribution in [3.63, 3.8) is 0 Å². The van der Waals surface area contributed by atoms with E-state index >= 15 is 0 Å². The van der Waals surface area contributed by atoms with Gasteiger partial charge in [-0.25, -0.2) is 0 Å². The van der Waals surface area contributed by atoms with E-state index in [0.29, 0.717) is 0 Å². The second-order valence-electron chi connectivity index (χ2n) is 4.96. The molecule has 0 aliphatic heterocycles. The van der Waals surface area contributed by atoms with Crippen molar-refractivity contribution in [3.8, 4) is 0 Å². The van der Waals surface area contributed by atoms with Gasteiger partial charge >= 0.3 is 40.8 Å². The normalized spacial score (nSPS) is 7.92. The minimum Gasteiger partial charge on any atom is -0.323 e. The number of rotatable bonds is 0. The molecule has 129 valence electrons. The SMILES string of the molecule is CNC.[CH2-]c1ccccc1.[CH2-]c1ccccc1.[CH2-]c1ccccc1.[Nd+3]. The van der Waals surface area contributed by atoms with Crippen LogP contribution in [0.3, 0.4) is 0 Å². The van der Waals surface area contributed by atoms with E-state index in [9.17, 15) is 0 Å². The molecule has 0 unspecified atom stereocenters. The monoisotopic (exact) mass is 460 g/mol. The molecule has 0 heterocycles. The van der Waals surface area contributed by atoms with Crippen molar-refractivity contribution in [1.82, 2.24) is 5.32 Å². The van der Waals surface area contributed by atoms with Crippen LogP contribution in [-0.4, -0.2) is 14.1 Å². The van der Waals surface area contributed by atoms with Gasteiger partial charge in [0.15, 0.2) is 0 Å². The van der Waals surface area contributed by atoms with Gasteiger partial charge in [0.25, 0.3) is 0 Å². The summed E-state index contributed by atoms with van der Waals surface area (Å²) in [6.45, 7) is 11.2. The molecule has 1 N–H and O–H groups in total. The first-order valence-electron chi connectivity index (χ1n) is 7.79. The van der Waals surface area contributed by atoms with E-state index in [1.807, 2.05) is 105 Å². The van der Waals surface area contributed by atoms with Gasteiger partial charge in [0.1, 0.15) is 0 Å². The van der Waals surface area contributed by atoms with E-state index in [0.717, 1.165) is 16.7 Å². The van der Waals surface area contributed by atoms with Crippen molar-refractivity contribution in [2.75, 3.05) is 14.1 Å². The van der Waals surface area contributed by atoms with Gasteiger partial charge in [0.2, 0.25) is 0 Å². The van der Waals surface area contributed by atoms with E-state index in [-0.39, 0.29) is 40.8 Å². The Balaban J connectivity index is 0. The topological polar surface area (TPSA) is 12.0 Å². The van der Waals surface area contributed by atoms with Crippen LogP contribution in [0.2, 0.25) is 0 Å². The number of hydrogen-bond donors (Lipinski definition) is 1. The third-order valence-corrected chi connectivity index (χ3v) is 2.53. The first-order chi connectivity index (χ1) is 11.6. The standard InChI is InChI=1S/3C7H7.C2H7N.Nd/c3*1-7-5-3-2-4-6-7;1-3-2;/h3*2-6H,1H2;3H,1-2H3;/q3*-1;;+3. The van der Waals surface area contributed by atoms with Crippen LogP contribution < -0.4 is 5.32 Å². The predicted molar refractivity (Wildman–Crippen MR) is 108 cm³/mol. The van der Waals surface area contributed by atoms with E-state index in [1.165, 1.54) is 0 Å². The van der Waals surface area contributed by atoms with Crippen LogP contribution in [-0.2, 0) is 0 Å². The molecule has 0 saturated heterocycles. The maximum absolute atomic E-state index is 3.72. The number of nitrogens with one attached hydrogen (secondary N) is 1. The molecule has 0 aromatic heterocycles. The number of hydrogen-bond acceptors (Lipinski definition) is 1. The Bertz CT molecular complexity index is 506. The Hall–Kier alpha value is -1.42. The Kier molecular flexibility index (Phi) is 19.5. The Labute approximate surface area is 187 Å². The molecular formula is C23H28NNd. The summed E-state index contributed by atoms with van der Waals surface area (Å²) in [7, 11) is 3.75. The zero-order valence-corrected chi connectivity index (χ0v) is 18.5. The van der Waals surface area contributed by atoms with Crippen molar-refractivity contribution in [2.45, 2.75) is 0 Å². The van der Waals surface area contributed by atoms with Gasteiger partial charge in [-0.05, 0) is 14.1 Å². The minimum atomic E-state index is 0. The van der Waals surface area contributed by atoms with Crippen LogP contribution in [0, 0.1) is 61.6 Å². The second-order valence-corrected chi connectivity index (χ2v) is 4.96. The van der Waals surface area contributed by atoms with Gasteiger partial charge in [0.05, 0.1) is 0 Å². The fourth-order valence-electron chi connectivity index (χ4n) is 1.43. The van der Waals surface area contributed by atoms with Crippen molar-refractivity contribution in [2.24, 2.45) is 0 Å². The van der Waals surface area contributed by atoms with Crippen molar-refractivity contribution in [3.05, 3.63) is 128 Å². The van der Waals surface area contributed by atoms with Crippen molar-refractivity contribution >= 4 is 0 Å². The molecule has 3 rings (SSSR count). The molecular weight excluding hydrogens is 434 g/mol. The largest absolute Gasteiger partial charge is 3.00 e. The zero-order valence-electron chi connectivity index (χ0n) is 15.3. The summed E-state index contributed by atoms with van der Waals surface area (Å²) >= 11 is 0. The molecule has 0 amide bonds. The summed E-state index contributed by atoms with van der Waals surface area (Å²) in [4.78, 5) is 0. The minimum absolute atomic E-state index is 0. The van der Waals surface area contributed by atoms with E-state index in [1.54, 1.807) is 0 Å². The third kappa shape index (κ3) is 18.8. The molecule has 0 saturated carbocycles. The van der Waals surface area contributed by atoms with E-state index in [2.05, 4.69) is 26.1 Å². The Morgan fingerprint density at radius 2 is 0.640 bits per heavy atom. The molecule has 3 aromatic rings. The second kappa shape index (κ2) is 18.9. The number of benzene rings is 3. The molecule has 0 aliphatic rings. The van der Waals surface area contributed by atoms with Crippen molar-refractivity contribution < 1.29 is 40.8 Å².